The van der Waals surface area contributed by atoms with Gasteiger partial charge in [-0.2, -0.15) is 4.89 Å². The van der Waals surface area contributed by atoms with Crippen molar-refractivity contribution in [3.05, 3.63) is 66.6 Å². The molecule has 15 heteroatoms. The van der Waals surface area contributed by atoms with E-state index < -0.39 is 18.2 Å². The van der Waals surface area contributed by atoms with Gasteiger partial charge in [0.1, 0.15) is 17.9 Å². The molecule has 0 unspecified atom stereocenters. The van der Waals surface area contributed by atoms with Crippen LogP contribution in [0, 0.1) is 11.8 Å². The van der Waals surface area contributed by atoms with Crippen LogP contribution in [-0.4, -0.2) is 100 Å². The maximum absolute atomic E-state index is 13.6. The Kier molecular flexibility index (Phi) is 11.2. The Bertz CT molecular complexity index is 2250. The first-order chi connectivity index (χ1) is 27.1. The zero-order valence-corrected chi connectivity index (χ0v) is 32.6. The van der Waals surface area contributed by atoms with Crippen LogP contribution < -0.4 is 10.3 Å². The van der Waals surface area contributed by atoms with Gasteiger partial charge in [-0.05, 0) is 77.3 Å². The van der Waals surface area contributed by atoms with Crippen molar-refractivity contribution in [2.45, 2.75) is 65.1 Å². The Balaban J connectivity index is 1.07. The Morgan fingerprint density at radius 2 is 1.61 bits per heavy atom. The Labute approximate surface area is 325 Å². The van der Waals surface area contributed by atoms with E-state index >= 15 is 0 Å². The topological polar surface area (TPSA) is 170 Å². The largest absolute Gasteiger partial charge is 0.453 e. The highest BCUT2D eigenvalue weighted by Crippen LogP contribution is 2.35. The van der Waals surface area contributed by atoms with Gasteiger partial charge in [0.05, 0.1) is 43.2 Å². The number of hydrogen-bond acceptors (Lipinski definition) is 10. The van der Waals surface area contributed by atoms with Crippen molar-refractivity contribution in [3.63, 3.8) is 0 Å². The molecule has 4 heterocycles. The number of H-pyrrole nitrogens is 2. The van der Waals surface area contributed by atoms with Gasteiger partial charge in [0.25, 0.3) is 5.91 Å². The minimum absolute atomic E-state index is 0.0144. The number of carbonyl (C=O) groups is 3. The molecule has 3 atom stereocenters. The first kappa shape index (κ1) is 38.3. The summed E-state index contributed by atoms with van der Waals surface area (Å²) in [5.41, 5.74) is 5.59. The van der Waals surface area contributed by atoms with Crippen LogP contribution >= 0.6 is 0 Å². The van der Waals surface area contributed by atoms with Gasteiger partial charge in [0.15, 0.2) is 0 Å². The second-order valence-corrected chi connectivity index (χ2v) is 14.9. The van der Waals surface area contributed by atoms with Crippen LogP contribution in [0.3, 0.4) is 0 Å². The van der Waals surface area contributed by atoms with Crippen molar-refractivity contribution in [2.75, 3.05) is 38.9 Å². The molecule has 0 spiro atoms. The van der Waals surface area contributed by atoms with Gasteiger partial charge < -0.3 is 29.8 Å². The first-order valence-electron chi connectivity index (χ1n) is 19.1. The predicted octanol–water partition coefficient (Wildman–Crippen LogP) is 6.40. The van der Waals surface area contributed by atoms with Gasteiger partial charge in [-0.25, -0.2) is 24.8 Å². The molecule has 2 fully saturated rings. The molecule has 56 heavy (non-hydrogen) atoms. The van der Waals surface area contributed by atoms with Gasteiger partial charge in [0, 0.05) is 25.2 Å². The molecule has 0 bridgehead atoms. The number of likely N-dealkylation sites (tertiary alicyclic amines) is 1. The fourth-order valence-corrected chi connectivity index (χ4v) is 7.60. The highest BCUT2D eigenvalue weighted by Gasteiger charge is 2.37. The molecule has 2 aromatic heterocycles. The van der Waals surface area contributed by atoms with Crippen molar-refractivity contribution in [1.29, 1.82) is 0 Å². The standard InChI is InChI=1S/C41H49N9O6/c1-24(2)35(43-23-56-55-6)38(51)48-16-7-9-34(48)37-42-22-33(44-37)30-13-12-26-19-27(10-11-28(26)20-30)29-14-15-31-32(21-29)46-40(45-31)50-18-8-17-49(50)39(52)36(25(3)4)47-41(53)54-5/h10-15,19-25,34-36H,7-9,16-18H2,1-6H3,(H,42,44)(H,45,46)(H,47,53)/b43-23-/t34-,35-,36-/m0/s1. The quantitative estimate of drug-likeness (QED) is 0.0563. The van der Waals surface area contributed by atoms with E-state index in [0.717, 1.165) is 69.3 Å². The number of ether oxygens (including phenoxy) is 1. The predicted molar refractivity (Wildman–Crippen MR) is 213 cm³/mol. The number of aliphatic imine (C=N–C) groups is 1. The van der Waals surface area contributed by atoms with E-state index in [2.05, 4.69) is 73.7 Å². The molecule has 294 valence electrons. The smallest absolute Gasteiger partial charge is 0.407 e. The lowest BCUT2D eigenvalue weighted by Gasteiger charge is -2.32. The lowest BCUT2D eigenvalue weighted by molar-refractivity contribution is -0.188. The molecule has 2 aliphatic heterocycles. The number of hydrazine groups is 1. The fraction of sp³-hybridized carbons (Fsp3) is 0.415. The molecule has 0 saturated carbocycles. The third-order valence-electron chi connectivity index (χ3n) is 10.6. The van der Waals surface area contributed by atoms with E-state index in [9.17, 15) is 14.4 Å². The number of nitrogens with one attached hydrogen (secondary N) is 3. The number of rotatable bonds is 12. The third-order valence-corrected chi connectivity index (χ3v) is 10.6. The van der Waals surface area contributed by atoms with Crippen LogP contribution in [-0.2, 0) is 24.1 Å². The average molecular weight is 764 g/mol. The van der Waals surface area contributed by atoms with E-state index in [1.54, 1.807) is 5.01 Å². The van der Waals surface area contributed by atoms with E-state index in [4.69, 9.17) is 19.6 Å². The molecule has 15 nitrogen and oxygen atoms in total. The molecule has 3 N–H and O–H groups in total. The maximum atomic E-state index is 13.6. The van der Waals surface area contributed by atoms with Crippen molar-refractivity contribution in [3.8, 4) is 22.4 Å². The fourth-order valence-electron chi connectivity index (χ4n) is 7.60. The Morgan fingerprint density at radius 3 is 2.34 bits per heavy atom. The minimum atomic E-state index is -0.730. The van der Waals surface area contributed by atoms with Gasteiger partial charge >= 0.3 is 6.09 Å². The highest BCUT2D eigenvalue weighted by molar-refractivity contribution is 5.92. The molecule has 3 amide bonds. The number of amides is 3. The molecular formula is C41H49N9O6. The second kappa shape index (κ2) is 16.4. The van der Waals surface area contributed by atoms with Crippen LogP contribution in [0.25, 0.3) is 44.2 Å². The second-order valence-electron chi connectivity index (χ2n) is 14.9. The number of fused-ring (bicyclic) bond motifs is 2. The van der Waals surface area contributed by atoms with Crippen molar-refractivity contribution in [2.24, 2.45) is 16.8 Å². The van der Waals surface area contributed by atoms with Gasteiger partial charge in [0.2, 0.25) is 18.3 Å². The Morgan fingerprint density at radius 1 is 0.875 bits per heavy atom. The van der Waals surface area contributed by atoms with Crippen LogP contribution in [0.4, 0.5) is 10.7 Å². The van der Waals surface area contributed by atoms with Gasteiger partial charge in [-0.3, -0.25) is 14.6 Å². The lowest BCUT2D eigenvalue weighted by atomic mass is 9.99. The summed E-state index contributed by atoms with van der Waals surface area (Å²) in [6.07, 6.45) is 4.86. The van der Waals surface area contributed by atoms with Crippen molar-refractivity contribution < 1.29 is 28.9 Å². The maximum Gasteiger partial charge on any atom is 0.407 e. The number of hydrogen-bond donors (Lipinski definition) is 3. The van der Waals surface area contributed by atoms with Gasteiger partial charge in [-0.15, -0.1) is 0 Å². The summed E-state index contributed by atoms with van der Waals surface area (Å²) >= 11 is 0. The number of methoxy groups -OCH3 is 1. The summed E-state index contributed by atoms with van der Waals surface area (Å²) in [6, 6.07) is 17.4. The van der Waals surface area contributed by atoms with E-state index in [1.165, 1.54) is 20.6 Å². The van der Waals surface area contributed by atoms with Crippen LogP contribution in [0.15, 0.2) is 65.8 Å². The van der Waals surface area contributed by atoms with Crippen LogP contribution in [0.2, 0.25) is 0 Å². The molecule has 3 aromatic carbocycles. The number of nitrogens with zero attached hydrogens (tertiary/aromatic N) is 6. The van der Waals surface area contributed by atoms with E-state index in [-0.39, 0.29) is 29.7 Å². The molecular weight excluding hydrogens is 715 g/mol. The van der Waals surface area contributed by atoms with E-state index in [0.29, 0.717) is 25.6 Å². The molecule has 7 rings (SSSR count). The number of aromatic amines is 2. The van der Waals surface area contributed by atoms with Crippen molar-refractivity contribution in [1.82, 2.24) is 35.2 Å². The third kappa shape index (κ3) is 7.76. The number of carbonyl (C=O) groups excluding carboxylic acids is 3. The van der Waals surface area contributed by atoms with Crippen molar-refractivity contribution >= 4 is 52.1 Å². The zero-order valence-electron chi connectivity index (χ0n) is 32.6. The number of alkyl carbamates (subject to hydrolysis) is 1. The lowest BCUT2D eigenvalue weighted by Crippen LogP contribution is -2.54. The SMILES string of the molecule is COO/C=N\[C@H](C(=O)N1CCC[C@H]1c1ncc(-c2ccc3cc(-c4ccc5[nH]c(N6CCCN6C(=O)[C@@H](NC(=O)OC)C(C)C)nc5c4)ccc3c2)[nH]1)C(C)C. The summed E-state index contributed by atoms with van der Waals surface area (Å²) in [5.74, 6) is 0.927. The molecule has 2 saturated heterocycles. The number of benzene rings is 3. The summed E-state index contributed by atoms with van der Waals surface area (Å²) < 4.78 is 4.76. The number of anilines is 1. The summed E-state index contributed by atoms with van der Waals surface area (Å²) in [6.45, 7) is 9.49. The molecule has 0 radical (unpaired) electrons. The number of aromatic nitrogens is 4. The zero-order chi connectivity index (χ0) is 39.5. The monoisotopic (exact) mass is 763 g/mol. The summed E-state index contributed by atoms with van der Waals surface area (Å²) in [5, 5.41) is 8.37. The first-order valence-corrected chi connectivity index (χ1v) is 19.1. The van der Waals surface area contributed by atoms with Crippen LogP contribution in [0.5, 0.6) is 0 Å². The minimum Gasteiger partial charge on any atom is -0.453 e. The van der Waals surface area contributed by atoms with Gasteiger partial charge in [-0.1, -0.05) is 58.0 Å². The Hall–Kier alpha value is -5.96. The van der Waals surface area contributed by atoms with Crippen LogP contribution in [0.1, 0.15) is 58.8 Å². The molecule has 2 aliphatic rings. The number of imidazole rings is 2. The normalized spacial score (nSPS) is 17.1. The highest BCUT2D eigenvalue weighted by atomic mass is 17.2. The van der Waals surface area contributed by atoms with E-state index in [1.807, 2.05) is 49.9 Å². The summed E-state index contributed by atoms with van der Waals surface area (Å²) in [4.78, 5) is 71.3. The summed E-state index contributed by atoms with van der Waals surface area (Å²) in [7, 11) is 2.68. The molecule has 0 aliphatic carbocycles. The molecule has 5 aromatic rings. The average Bonchev–Trinajstić information content (AvgIpc) is 4.03.